The zero-order valence-corrected chi connectivity index (χ0v) is 68.6. The lowest BCUT2D eigenvalue weighted by Crippen LogP contribution is -2.59. The van der Waals surface area contributed by atoms with Crippen LogP contribution >= 0.6 is 0 Å². The van der Waals surface area contributed by atoms with E-state index in [1.165, 1.54) is 181 Å². The zero-order chi connectivity index (χ0) is 78.0. The van der Waals surface area contributed by atoms with E-state index in [0.717, 1.165) is 44.6 Å². The molecule has 0 radical (unpaired) electrons. The van der Waals surface area contributed by atoms with Crippen molar-refractivity contribution in [1.29, 1.82) is 0 Å². The summed E-state index contributed by atoms with van der Waals surface area (Å²) in [5.41, 5.74) is 32.0. The van der Waals surface area contributed by atoms with Gasteiger partial charge < -0.3 is 18.3 Å². The molecule has 5 nitrogen and oxygen atoms in total. The third-order valence-corrected chi connectivity index (χ3v) is 25.9. The van der Waals surface area contributed by atoms with Gasteiger partial charge in [-0.05, 0) is 228 Å². The lowest BCUT2D eigenvalue weighted by atomic mass is 9.34. The predicted octanol–water partition coefficient (Wildman–Crippen LogP) is 26.9. The molecule has 0 aliphatic carbocycles. The van der Waals surface area contributed by atoms with E-state index in [1.807, 2.05) is 0 Å². The van der Waals surface area contributed by atoms with Crippen LogP contribution < -0.4 is 16.4 Å². The van der Waals surface area contributed by atoms with Crippen LogP contribution in [0.2, 0.25) is 0 Å². The third-order valence-electron chi connectivity index (χ3n) is 25.9. The highest BCUT2D eigenvalue weighted by Gasteiger charge is 2.44. The molecule has 6 heteroatoms. The Balaban J connectivity index is 0.992. The van der Waals surface area contributed by atoms with E-state index in [-0.39, 0.29) is 39.2 Å². The maximum atomic E-state index is 5.62. The number of fused-ring (bicyclic) bond motifs is 23. The molecule has 0 spiro atoms. The van der Waals surface area contributed by atoms with Crippen LogP contribution in [0.3, 0.4) is 0 Å². The number of benzene rings is 14. The van der Waals surface area contributed by atoms with Gasteiger partial charge in [-0.2, -0.15) is 0 Å². The smallest absolute Gasteiger partial charge is 0.252 e. The minimum Gasteiger partial charge on any atom is -0.310 e. The molecular weight excluding hydrogens is 1370 g/mol. The highest BCUT2D eigenvalue weighted by Crippen LogP contribution is 2.52. The summed E-state index contributed by atoms with van der Waals surface area (Å²) in [6.45, 7) is 42.2. The summed E-state index contributed by atoms with van der Waals surface area (Å²) < 4.78 is 10.6. The number of nitrogens with zero attached hydrogens (tertiary/aromatic N) is 5. The quantitative estimate of drug-likeness (QED) is 0.125. The highest BCUT2D eigenvalue weighted by atomic mass is 15.1. The fourth-order valence-corrected chi connectivity index (χ4v) is 19.9. The molecule has 552 valence electrons. The van der Waals surface area contributed by atoms with Crippen LogP contribution in [0.25, 0.3) is 176 Å². The topological polar surface area (TPSA) is 32.6 Å². The Kier molecular flexibility index (Phi) is 14.4. The summed E-state index contributed by atoms with van der Waals surface area (Å²) in [5, 5.41) is 17.6. The van der Waals surface area contributed by atoms with Crippen LogP contribution in [0.4, 0.5) is 0 Å². The number of hydrogen-bond donors (Lipinski definition) is 0. The van der Waals surface area contributed by atoms with E-state index >= 15 is 0 Å². The molecule has 0 bridgehead atoms. The molecular formula is C107H96BN5. The molecule has 2 aliphatic heterocycles. The largest absolute Gasteiger partial charge is 0.310 e. The second-order valence-corrected chi connectivity index (χ2v) is 39.2. The summed E-state index contributed by atoms with van der Waals surface area (Å²) in [4.78, 5) is 5.62. The van der Waals surface area contributed by atoms with Crippen molar-refractivity contribution in [2.24, 2.45) is 0 Å². The fourth-order valence-electron chi connectivity index (χ4n) is 19.9. The molecule has 0 amide bonds. The Morgan fingerprint density at radius 1 is 0.239 bits per heavy atom. The first kappa shape index (κ1) is 69.2. The van der Waals surface area contributed by atoms with E-state index in [9.17, 15) is 0 Å². The Morgan fingerprint density at radius 2 is 0.593 bits per heavy atom. The third kappa shape index (κ3) is 10.1. The first-order chi connectivity index (χ1) is 53.9. The molecule has 2 aliphatic rings. The lowest BCUT2D eigenvalue weighted by molar-refractivity contribution is 0.590. The molecule has 5 aromatic heterocycles. The van der Waals surface area contributed by atoms with Gasteiger partial charge in [-0.15, -0.1) is 0 Å². The number of aromatic nitrogens is 5. The van der Waals surface area contributed by atoms with Crippen LogP contribution in [0.5, 0.6) is 0 Å². The van der Waals surface area contributed by atoms with Gasteiger partial charge in [0.25, 0.3) is 6.71 Å². The minimum atomic E-state index is -0.209. The Hall–Kier alpha value is -11.7. The standard InChI is InChI=1S/C107H96BN5/c1-102(2,3)64-36-42-86-77(52-64)78-53-65(103(4,5)6)37-43-87(78)110(86)94-59-109-60-95(111-88-44-38-66(104(7,8)9)54-79(88)80-55-67(105(10,11)12)39-45-89(80)111)96(94)63-50-92-99-93(51-63)113-91-47-41-76-74-34-25-24-32-72(74)73-33-26-27-35-75(73)97(76)98(91)83-48-62(71-31-23-22-30-70(71)61-28-20-19-21-29-61)49-84(101(83)113)108(99)85-58-69(107(16,17)18)57-82-81-56-68(106(13,14)15)40-46-90(81)112(92)100(82)85/h19-60H,1-18H3. The van der Waals surface area contributed by atoms with E-state index in [4.69, 9.17) is 4.98 Å². The van der Waals surface area contributed by atoms with Crippen LogP contribution in [0, 0.1) is 0 Å². The summed E-state index contributed by atoms with van der Waals surface area (Å²) in [7, 11) is 0. The molecule has 0 fully saturated rings. The van der Waals surface area contributed by atoms with Crippen LogP contribution in [0.15, 0.2) is 255 Å². The first-order valence-corrected chi connectivity index (χ1v) is 40.9. The molecule has 21 rings (SSSR count). The van der Waals surface area contributed by atoms with Crippen LogP contribution in [-0.2, 0) is 32.5 Å². The molecule has 0 unspecified atom stereocenters. The summed E-state index contributed by atoms with van der Waals surface area (Å²) >= 11 is 0. The molecule has 113 heavy (non-hydrogen) atoms. The summed E-state index contributed by atoms with van der Waals surface area (Å²) in [5.74, 6) is 0. The van der Waals surface area contributed by atoms with Crippen molar-refractivity contribution < 1.29 is 0 Å². The Morgan fingerprint density at radius 3 is 1.05 bits per heavy atom. The van der Waals surface area contributed by atoms with Gasteiger partial charge in [-0.3, -0.25) is 4.98 Å². The average Bonchev–Trinajstić information content (AvgIpc) is 1.54. The molecule has 0 saturated heterocycles. The normalized spacial score (nSPS) is 13.6. The van der Waals surface area contributed by atoms with Gasteiger partial charge in [0.2, 0.25) is 0 Å². The van der Waals surface area contributed by atoms with Gasteiger partial charge in [-0.1, -0.05) is 276 Å². The number of pyridine rings is 1. The van der Waals surface area contributed by atoms with Gasteiger partial charge in [0, 0.05) is 76.4 Å². The van der Waals surface area contributed by atoms with Crippen molar-refractivity contribution in [3.05, 3.63) is 288 Å². The highest BCUT2D eigenvalue weighted by molar-refractivity contribution is 7.00. The predicted molar refractivity (Wildman–Crippen MR) is 487 cm³/mol. The lowest BCUT2D eigenvalue weighted by Gasteiger charge is -2.35. The van der Waals surface area contributed by atoms with E-state index in [1.54, 1.807) is 0 Å². The maximum Gasteiger partial charge on any atom is 0.252 e. The molecule has 19 aromatic rings. The Bertz CT molecular complexity index is 7060. The molecule has 14 aromatic carbocycles. The van der Waals surface area contributed by atoms with Gasteiger partial charge >= 0.3 is 0 Å². The van der Waals surface area contributed by atoms with Gasteiger partial charge in [0.05, 0.1) is 56.9 Å². The van der Waals surface area contributed by atoms with Crippen molar-refractivity contribution in [2.75, 3.05) is 0 Å². The number of hydrogen-bond acceptors (Lipinski definition) is 1. The van der Waals surface area contributed by atoms with Crippen molar-refractivity contribution in [3.63, 3.8) is 0 Å². The second-order valence-electron chi connectivity index (χ2n) is 39.2. The van der Waals surface area contributed by atoms with Gasteiger partial charge in [0.1, 0.15) is 0 Å². The summed E-state index contributed by atoms with van der Waals surface area (Å²) in [6, 6.07) is 95.7. The SMILES string of the molecule is CC(C)(C)c1ccc2c(c1)c1cc(C(C)(C)C)ccc1n2-c1cncc(-n2c3ccc(C(C)(C)C)cc3c3cc(C(C)(C)C)ccc32)c1-c1cc2c3c(c1)-n1c4ccc5c6ccccc6c6ccccc6c5c4c4cc(-c5ccccc5-c5ccccc5)cc(c41)B3c1cc(C(C)(C)C)cc3c4cc(C(C)(C)C)ccc4n-2c13. The van der Waals surface area contributed by atoms with Crippen molar-refractivity contribution in [1.82, 2.24) is 23.3 Å². The average molecular weight is 1460 g/mol. The second kappa shape index (κ2) is 23.5. The van der Waals surface area contributed by atoms with E-state index < -0.39 is 0 Å². The first-order valence-electron chi connectivity index (χ1n) is 40.9. The number of rotatable bonds is 5. The van der Waals surface area contributed by atoms with Crippen molar-refractivity contribution in [2.45, 2.75) is 157 Å². The van der Waals surface area contributed by atoms with Crippen molar-refractivity contribution in [3.8, 4) is 56.1 Å². The van der Waals surface area contributed by atoms with E-state index in [2.05, 4.69) is 398 Å². The molecule has 0 N–H and O–H groups in total. The van der Waals surface area contributed by atoms with Gasteiger partial charge in [0.15, 0.2) is 0 Å². The monoisotopic (exact) mass is 1460 g/mol. The Labute approximate surface area is 663 Å². The molecule has 7 heterocycles. The maximum absolute atomic E-state index is 5.62. The van der Waals surface area contributed by atoms with Gasteiger partial charge in [-0.25, -0.2) is 0 Å². The zero-order valence-electron chi connectivity index (χ0n) is 68.6. The summed E-state index contributed by atoms with van der Waals surface area (Å²) in [6.07, 6.45) is 4.39. The fraction of sp³-hybridized carbons (Fsp3) is 0.224. The van der Waals surface area contributed by atoms with Crippen molar-refractivity contribution >= 4 is 143 Å². The minimum absolute atomic E-state index is 0.0983. The molecule has 0 atom stereocenters. The van der Waals surface area contributed by atoms with E-state index in [0.29, 0.717) is 0 Å². The van der Waals surface area contributed by atoms with Crippen LogP contribution in [0.1, 0.15) is 158 Å². The van der Waals surface area contributed by atoms with Crippen LogP contribution in [-0.4, -0.2) is 30.0 Å². The molecule has 0 saturated carbocycles.